The quantitative estimate of drug-likeness (QED) is 0.480. The zero-order valence-corrected chi connectivity index (χ0v) is 23.0. The molecule has 7 nitrogen and oxygen atoms in total. The molecule has 0 aliphatic heterocycles. The van der Waals surface area contributed by atoms with Gasteiger partial charge >= 0.3 is 0 Å². The molecule has 0 saturated carbocycles. The van der Waals surface area contributed by atoms with Crippen LogP contribution in [0.1, 0.15) is 43.9 Å². The van der Waals surface area contributed by atoms with Crippen LogP contribution in [0, 0.1) is 13.8 Å². The molecular formula is C25H34BrN3O4S. The van der Waals surface area contributed by atoms with E-state index in [0.29, 0.717) is 5.69 Å². The van der Waals surface area contributed by atoms with Gasteiger partial charge < -0.3 is 10.2 Å². The van der Waals surface area contributed by atoms with Crippen molar-refractivity contribution in [1.82, 2.24) is 10.2 Å². The van der Waals surface area contributed by atoms with Gasteiger partial charge in [0.25, 0.3) is 0 Å². The highest BCUT2D eigenvalue weighted by Gasteiger charge is 2.30. The van der Waals surface area contributed by atoms with Crippen LogP contribution >= 0.6 is 15.9 Å². The lowest BCUT2D eigenvalue weighted by molar-refractivity contribution is -0.139. The second kappa shape index (κ2) is 11.8. The zero-order chi connectivity index (χ0) is 25.6. The molecule has 0 heterocycles. The summed E-state index contributed by atoms with van der Waals surface area (Å²) in [6.07, 6.45) is 1.84. The average molecular weight is 553 g/mol. The fraction of sp³-hybridized carbons (Fsp3) is 0.440. The van der Waals surface area contributed by atoms with E-state index in [9.17, 15) is 18.0 Å². The van der Waals surface area contributed by atoms with Crippen molar-refractivity contribution in [2.45, 2.75) is 59.7 Å². The minimum Gasteiger partial charge on any atom is -0.352 e. The highest BCUT2D eigenvalue weighted by Crippen LogP contribution is 2.22. The highest BCUT2D eigenvalue weighted by atomic mass is 79.9. The molecular weight excluding hydrogens is 518 g/mol. The molecule has 1 N–H and O–H groups in total. The topological polar surface area (TPSA) is 86.8 Å². The van der Waals surface area contributed by atoms with Gasteiger partial charge in [0.05, 0.1) is 11.9 Å². The third-order valence-electron chi connectivity index (χ3n) is 5.61. The fourth-order valence-corrected chi connectivity index (χ4v) is 4.64. The van der Waals surface area contributed by atoms with Gasteiger partial charge in [0, 0.05) is 17.1 Å². The van der Waals surface area contributed by atoms with Crippen molar-refractivity contribution < 1.29 is 18.0 Å². The number of rotatable bonds is 10. The van der Waals surface area contributed by atoms with E-state index in [4.69, 9.17) is 0 Å². The Morgan fingerprint density at radius 3 is 2.09 bits per heavy atom. The predicted molar refractivity (Wildman–Crippen MR) is 140 cm³/mol. The van der Waals surface area contributed by atoms with Gasteiger partial charge in [-0.05, 0) is 75.1 Å². The maximum absolute atomic E-state index is 13.5. The maximum Gasteiger partial charge on any atom is 0.244 e. The minimum absolute atomic E-state index is 0.0395. The Labute approximate surface area is 211 Å². The van der Waals surface area contributed by atoms with Crippen LogP contribution in [0.5, 0.6) is 0 Å². The maximum atomic E-state index is 13.5. The number of benzene rings is 2. The van der Waals surface area contributed by atoms with Crippen molar-refractivity contribution >= 4 is 43.5 Å². The summed E-state index contributed by atoms with van der Waals surface area (Å²) < 4.78 is 27.3. The molecule has 0 saturated heterocycles. The van der Waals surface area contributed by atoms with E-state index >= 15 is 0 Å². The summed E-state index contributed by atoms with van der Waals surface area (Å²) in [6.45, 7) is 9.05. The molecule has 9 heteroatoms. The van der Waals surface area contributed by atoms with Crippen LogP contribution in [0.15, 0.2) is 46.9 Å². The molecule has 34 heavy (non-hydrogen) atoms. The molecule has 0 bridgehead atoms. The fourth-order valence-electron chi connectivity index (χ4n) is 3.54. The molecule has 0 aliphatic carbocycles. The van der Waals surface area contributed by atoms with Gasteiger partial charge in [-0.15, -0.1) is 0 Å². The molecule has 0 aromatic heterocycles. The summed E-state index contributed by atoms with van der Waals surface area (Å²) in [5.41, 5.74) is 3.04. The SMILES string of the molecule is CC[C@@H](C)NC(=O)[C@@H](C)N(Cc1ccc(Br)cc1)C(=O)CN(c1cc(C)cc(C)c1)S(C)(=O)=O. The average Bonchev–Trinajstić information content (AvgIpc) is 2.74. The number of amides is 2. The van der Waals surface area contributed by atoms with Crippen LogP contribution < -0.4 is 9.62 Å². The Kier molecular flexibility index (Phi) is 9.70. The summed E-state index contributed by atoms with van der Waals surface area (Å²) in [4.78, 5) is 27.9. The summed E-state index contributed by atoms with van der Waals surface area (Å²) in [7, 11) is -3.75. The number of nitrogens with one attached hydrogen (secondary N) is 1. The molecule has 2 aromatic carbocycles. The smallest absolute Gasteiger partial charge is 0.244 e. The molecule has 0 fully saturated rings. The highest BCUT2D eigenvalue weighted by molar-refractivity contribution is 9.10. The number of halogens is 1. The van der Waals surface area contributed by atoms with Gasteiger partial charge in [-0.1, -0.05) is 41.1 Å². The van der Waals surface area contributed by atoms with Crippen molar-refractivity contribution in [3.8, 4) is 0 Å². The second-order valence-corrected chi connectivity index (χ2v) is 11.6. The standard InChI is InChI=1S/C25H34BrN3O4S/c1-7-19(4)27-25(31)20(5)28(15-21-8-10-22(26)11-9-21)24(30)16-29(34(6,32)33)23-13-17(2)12-18(3)14-23/h8-14,19-20H,7,15-16H2,1-6H3,(H,27,31)/t19-,20-/m1/s1. The van der Waals surface area contributed by atoms with Crippen LogP contribution in [0.25, 0.3) is 0 Å². The number of nitrogens with zero attached hydrogens (tertiary/aromatic N) is 2. The third-order valence-corrected chi connectivity index (χ3v) is 7.28. The second-order valence-electron chi connectivity index (χ2n) is 8.76. The number of hydrogen-bond donors (Lipinski definition) is 1. The molecule has 0 spiro atoms. The summed E-state index contributed by atoms with van der Waals surface area (Å²) in [5, 5.41) is 2.92. The van der Waals surface area contributed by atoms with Gasteiger partial charge in [-0.25, -0.2) is 8.42 Å². The monoisotopic (exact) mass is 551 g/mol. The normalized spacial score (nSPS) is 13.1. The Bertz CT molecular complexity index is 1100. The van der Waals surface area contributed by atoms with Crippen LogP contribution in [-0.2, 0) is 26.2 Å². The molecule has 2 atom stereocenters. The molecule has 2 aromatic rings. The van der Waals surface area contributed by atoms with E-state index in [2.05, 4.69) is 21.2 Å². The lowest BCUT2D eigenvalue weighted by Crippen LogP contribution is -2.52. The summed E-state index contributed by atoms with van der Waals surface area (Å²) >= 11 is 3.40. The number of carbonyl (C=O) groups is 2. The third kappa shape index (κ3) is 7.84. The lowest BCUT2D eigenvalue weighted by Gasteiger charge is -2.32. The summed E-state index contributed by atoms with van der Waals surface area (Å²) in [6, 6.07) is 12.0. The summed E-state index contributed by atoms with van der Waals surface area (Å²) in [5.74, 6) is -0.739. The first-order valence-corrected chi connectivity index (χ1v) is 13.9. The largest absolute Gasteiger partial charge is 0.352 e. The van der Waals surface area contributed by atoms with E-state index in [1.165, 1.54) is 4.90 Å². The van der Waals surface area contributed by atoms with E-state index < -0.39 is 28.5 Å². The Balaban J connectivity index is 2.41. The van der Waals surface area contributed by atoms with Gasteiger partial charge in [-0.2, -0.15) is 0 Å². The molecule has 0 radical (unpaired) electrons. The molecule has 2 amide bonds. The van der Waals surface area contributed by atoms with E-state index in [1.54, 1.807) is 19.1 Å². The van der Waals surface area contributed by atoms with E-state index in [-0.39, 0.29) is 18.5 Å². The van der Waals surface area contributed by atoms with Crippen LogP contribution in [0.4, 0.5) is 5.69 Å². The van der Waals surface area contributed by atoms with Gasteiger partial charge in [0.1, 0.15) is 12.6 Å². The first kappa shape index (κ1) is 27.9. The lowest BCUT2D eigenvalue weighted by atomic mass is 10.1. The minimum atomic E-state index is -3.75. The van der Waals surface area contributed by atoms with Crippen molar-refractivity contribution in [3.05, 3.63) is 63.6 Å². The number of sulfonamides is 1. The Morgan fingerprint density at radius 1 is 1.03 bits per heavy atom. The zero-order valence-electron chi connectivity index (χ0n) is 20.6. The van der Waals surface area contributed by atoms with Crippen molar-refractivity contribution in [2.24, 2.45) is 0 Å². The number of hydrogen-bond acceptors (Lipinski definition) is 4. The molecule has 0 aliphatic rings. The van der Waals surface area contributed by atoms with E-state index in [1.807, 2.05) is 58.0 Å². The van der Waals surface area contributed by atoms with Gasteiger partial charge in [0.15, 0.2) is 0 Å². The van der Waals surface area contributed by atoms with Crippen molar-refractivity contribution in [1.29, 1.82) is 0 Å². The number of aryl methyl sites for hydroxylation is 2. The van der Waals surface area contributed by atoms with Crippen LogP contribution in [-0.4, -0.2) is 50.0 Å². The van der Waals surface area contributed by atoms with Gasteiger partial charge in [-0.3, -0.25) is 13.9 Å². The Morgan fingerprint density at radius 2 is 1.59 bits per heavy atom. The molecule has 0 unspecified atom stereocenters. The Hall–Kier alpha value is -2.39. The predicted octanol–water partition coefficient (Wildman–Crippen LogP) is 4.16. The van der Waals surface area contributed by atoms with Crippen molar-refractivity contribution in [3.63, 3.8) is 0 Å². The number of carbonyl (C=O) groups excluding carboxylic acids is 2. The van der Waals surface area contributed by atoms with E-state index in [0.717, 1.165) is 38.1 Å². The molecule has 2 rings (SSSR count). The van der Waals surface area contributed by atoms with Crippen LogP contribution in [0.2, 0.25) is 0 Å². The first-order valence-electron chi connectivity index (χ1n) is 11.2. The molecule has 186 valence electrons. The first-order chi connectivity index (χ1) is 15.8. The van der Waals surface area contributed by atoms with Crippen LogP contribution in [0.3, 0.4) is 0 Å². The van der Waals surface area contributed by atoms with Gasteiger partial charge in [0.2, 0.25) is 21.8 Å². The number of anilines is 1. The van der Waals surface area contributed by atoms with Crippen molar-refractivity contribution in [2.75, 3.05) is 17.1 Å².